The molecular formula is C13H16Br2N2O. The molecule has 3 heterocycles. The maximum Gasteiger partial charge on any atom is 0.142 e. The minimum absolute atomic E-state index is 0.465. The van der Waals surface area contributed by atoms with Crippen molar-refractivity contribution in [2.75, 3.05) is 31.2 Å². The fourth-order valence-corrected chi connectivity index (χ4v) is 4.21. The third-order valence-electron chi connectivity index (χ3n) is 4.08. The van der Waals surface area contributed by atoms with Crippen LogP contribution in [0.1, 0.15) is 19.3 Å². The van der Waals surface area contributed by atoms with Gasteiger partial charge in [0.25, 0.3) is 0 Å². The molecule has 1 spiro atoms. The summed E-state index contributed by atoms with van der Waals surface area (Å²) >= 11 is 7.06. The van der Waals surface area contributed by atoms with Crippen molar-refractivity contribution in [3.8, 4) is 0 Å². The van der Waals surface area contributed by atoms with E-state index in [0.717, 1.165) is 41.1 Å². The van der Waals surface area contributed by atoms with E-state index in [4.69, 9.17) is 4.74 Å². The van der Waals surface area contributed by atoms with Crippen LogP contribution in [0, 0.1) is 5.41 Å². The lowest BCUT2D eigenvalue weighted by atomic mass is 9.80. The second-order valence-electron chi connectivity index (χ2n) is 5.24. The molecule has 1 aromatic heterocycles. The Hall–Kier alpha value is -0.130. The standard InChI is InChI=1S/C13H16Br2N2O/c14-10-7-11(15)12(16-8-10)17-4-1-13(9-17)2-5-18-6-3-13/h7-8H,1-6,9H2. The van der Waals surface area contributed by atoms with Crippen LogP contribution in [0.2, 0.25) is 0 Å². The Bertz CT molecular complexity index is 447. The summed E-state index contributed by atoms with van der Waals surface area (Å²) in [5.74, 6) is 1.07. The predicted octanol–water partition coefficient (Wildman–Crippen LogP) is 3.61. The Labute approximate surface area is 124 Å². The molecule has 0 bridgehead atoms. The molecule has 2 aliphatic heterocycles. The Balaban J connectivity index is 1.78. The van der Waals surface area contributed by atoms with Crippen LogP contribution in [0.15, 0.2) is 21.2 Å². The van der Waals surface area contributed by atoms with E-state index in [0.29, 0.717) is 5.41 Å². The maximum atomic E-state index is 5.49. The third kappa shape index (κ3) is 2.45. The first-order valence-corrected chi connectivity index (χ1v) is 7.91. The number of ether oxygens (including phenoxy) is 1. The largest absolute Gasteiger partial charge is 0.381 e. The number of nitrogens with zero attached hydrogens (tertiary/aromatic N) is 2. The lowest BCUT2D eigenvalue weighted by molar-refractivity contribution is 0.0254. The molecule has 0 saturated carbocycles. The van der Waals surface area contributed by atoms with Gasteiger partial charge in [-0.05, 0) is 62.6 Å². The molecule has 2 fully saturated rings. The van der Waals surface area contributed by atoms with Crippen molar-refractivity contribution in [3.63, 3.8) is 0 Å². The first-order chi connectivity index (χ1) is 8.69. The molecule has 18 heavy (non-hydrogen) atoms. The average Bonchev–Trinajstić information content (AvgIpc) is 2.74. The van der Waals surface area contributed by atoms with Crippen molar-refractivity contribution in [2.45, 2.75) is 19.3 Å². The molecule has 0 N–H and O–H groups in total. The van der Waals surface area contributed by atoms with Crippen LogP contribution in [-0.2, 0) is 4.74 Å². The molecule has 3 nitrogen and oxygen atoms in total. The molecule has 3 rings (SSSR count). The fourth-order valence-electron chi connectivity index (χ4n) is 2.97. The lowest BCUT2D eigenvalue weighted by Gasteiger charge is -2.33. The Kier molecular flexibility index (Phi) is 3.65. The number of halogens is 2. The highest BCUT2D eigenvalue weighted by Crippen LogP contribution is 2.42. The zero-order valence-electron chi connectivity index (χ0n) is 10.2. The minimum atomic E-state index is 0.465. The summed E-state index contributed by atoms with van der Waals surface area (Å²) in [4.78, 5) is 6.94. The number of rotatable bonds is 1. The molecule has 0 amide bonds. The van der Waals surface area contributed by atoms with Crippen molar-refractivity contribution in [1.82, 2.24) is 4.98 Å². The molecule has 5 heteroatoms. The highest BCUT2D eigenvalue weighted by atomic mass is 79.9. The number of anilines is 1. The van der Waals surface area contributed by atoms with Crippen LogP contribution in [0.25, 0.3) is 0 Å². The molecule has 2 aliphatic rings. The summed E-state index contributed by atoms with van der Waals surface area (Å²) in [6.45, 7) is 4.06. The topological polar surface area (TPSA) is 25.4 Å². The van der Waals surface area contributed by atoms with Crippen LogP contribution in [0.4, 0.5) is 5.82 Å². The molecule has 0 atom stereocenters. The van der Waals surface area contributed by atoms with Gasteiger partial charge in [0.15, 0.2) is 0 Å². The van der Waals surface area contributed by atoms with Crippen LogP contribution in [-0.4, -0.2) is 31.3 Å². The Morgan fingerprint density at radius 3 is 2.72 bits per heavy atom. The van der Waals surface area contributed by atoms with Gasteiger partial charge in [-0.2, -0.15) is 0 Å². The first-order valence-electron chi connectivity index (χ1n) is 6.32. The van der Waals surface area contributed by atoms with Gasteiger partial charge < -0.3 is 9.64 Å². The second-order valence-corrected chi connectivity index (χ2v) is 7.01. The van der Waals surface area contributed by atoms with E-state index in [2.05, 4.69) is 47.8 Å². The molecule has 2 saturated heterocycles. The van der Waals surface area contributed by atoms with E-state index in [1.54, 1.807) is 0 Å². The second kappa shape index (κ2) is 5.10. The third-order valence-corrected chi connectivity index (χ3v) is 5.10. The van der Waals surface area contributed by atoms with Crippen molar-refractivity contribution in [2.24, 2.45) is 5.41 Å². The molecule has 1 aromatic rings. The van der Waals surface area contributed by atoms with E-state index in [1.807, 2.05) is 6.20 Å². The van der Waals surface area contributed by atoms with Gasteiger partial charge in [0.1, 0.15) is 5.82 Å². The smallest absolute Gasteiger partial charge is 0.142 e. The maximum absolute atomic E-state index is 5.49. The van der Waals surface area contributed by atoms with E-state index in [9.17, 15) is 0 Å². The number of aromatic nitrogens is 1. The van der Waals surface area contributed by atoms with Gasteiger partial charge in [0, 0.05) is 37.0 Å². The van der Waals surface area contributed by atoms with Gasteiger partial charge in [-0.25, -0.2) is 4.98 Å². The van der Waals surface area contributed by atoms with E-state index < -0.39 is 0 Å². The predicted molar refractivity (Wildman–Crippen MR) is 79.0 cm³/mol. The van der Waals surface area contributed by atoms with Crippen molar-refractivity contribution < 1.29 is 4.74 Å². The van der Waals surface area contributed by atoms with E-state index in [-0.39, 0.29) is 0 Å². The number of hydrogen-bond acceptors (Lipinski definition) is 3. The van der Waals surface area contributed by atoms with Gasteiger partial charge in [-0.15, -0.1) is 0 Å². The first kappa shape index (κ1) is 12.9. The minimum Gasteiger partial charge on any atom is -0.381 e. The number of hydrogen-bond donors (Lipinski definition) is 0. The van der Waals surface area contributed by atoms with Crippen LogP contribution in [0.3, 0.4) is 0 Å². The Morgan fingerprint density at radius 1 is 1.22 bits per heavy atom. The van der Waals surface area contributed by atoms with E-state index >= 15 is 0 Å². The van der Waals surface area contributed by atoms with Crippen molar-refractivity contribution in [3.05, 3.63) is 21.2 Å². The highest BCUT2D eigenvalue weighted by Gasteiger charge is 2.40. The quantitative estimate of drug-likeness (QED) is 0.749. The van der Waals surface area contributed by atoms with Gasteiger partial charge in [0.2, 0.25) is 0 Å². The molecule has 0 aliphatic carbocycles. The van der Waals surface area contributed by atoms with Crippen LogP contribution in [0.5, 0.6) is 0 Å². The normalized spacial score (nSPS) is 22.7. The van der Waals surface area contributed by atoms with Crippen LogP contribution < -0.4 is 4.90 Å². The van der Waals surface area contributed by atoms with E-state index in [1.165, 1.54) is 19.3 Å². The summed E-state index contributed by atoms with van der Waals surface area (Å²) in [5, 5.41) is 0. The monoisotopic (exact) mass is 374 g/mol. The van der Waals surface area contributed by atoms with Crippen LogP contribution >= 0.6 is 31.9 Å². The highest BCUT2D eigenvalue weighted by molar-refractivity contribution is 9.11. The van der Waals surface area contributed by atoms with Gasteiger partial charge >= 0.3 is 0 Å². The van der Waals surface area contributed by atoms with Gasteiger partial charge in [-0.3, -0.25) is 0 Å². The molecular weight excluding hydrogens is 360 g/mol. The average molecular weight is 376 g/mol. The SMILES string of the molecule is Brc1cnc(N2CCC3(CCOCC3)C2)c(Br)c1. The molecule has 0 unspecified atom stereocenters. The summed E-state index contributed by atoms with van der Waals surface area (Å²) in [5.41, 5.74) is 0.465. The van der Waals surface area contributed by atoms with Crippen molar-refractivity contribution in [1.29, 1.82) is 0 Å². The zero-order valence-corrected chi connectivity index (χ0v) is 13.3. The summed E-state index contributed by atoms with van der Waals surface area (Å²) in [6.07, 6.45) is 5.52. The Morgan fingerprint density at radius 2 is 2.00 bits per heavy atom. The van der Waals surface area contributed by atoms with Gasteiger partial charge in [0.05, 0.1) is 4.47 Å². The lowest BCUT2D eigenvalue weighted by Crippen LogP contribution is -2.33. The molecule has 0 radical (unpaired) electrons. The summed E-state index contributed by atoms with van der Waals surface area (Å²) < 4.78 is 7.57. The van der Waals surface area contributed by atoms with Crippen molar-refractivity contribution >= 4 is 37.7 Å². The number of pyridine rings is 1. The molecule has 0 aromatic carbocycles. The summed E-state index contributed by atoms with van der Waals surface area (Å²) in [7, 11) is 0. The van der Waals surface area contributed by atoms with Gasteiger partial charge in [-0.1, -0.05) is 0 Å². The summed E-state index contributed by atoms with van der Waals surface area (Å²) in [6, 6.07) is 2.07. The molecule has 98 valence electrons. The zero-order chi connectivity index (χ0) is 12.6. The fraction of sp³-hybridized carbons (Fsp3) is 0.615.